The second kappa shape index (κ2) is 5.05. The number of benzene rings is 2. The minimum Gasteiger partial charge on any atom is -0.320 e. The van der Waals surface area contributed by atoms with E-state index in [4.69, 9.17) is 0 Å². The second-order valence-corrected chi connectivity index (χ2v) is 5.04. The first-order valence-electron chi connectivity index (χ1n) is 5.84. The van der Waals surface area contributed by atoms with Crippen LogP contribution >= 0.6 is 15.9 Å². The summed E-state index contributed by atoms with van der Waals surface area (Å²) >= 11 is 3.18. The fourth-order valence-electron chi connectivity index (χ4n) is 1.97. The third kappa shape index (κ3) is 2.18. The Morgan fingerprint density at radius 3 is 2.85 bits per heavy atom. The highest BCUT2D eigenvalue weighted by Crippen LogP contribution is 2.24. The van der Waals surface area contributed by atoms with Crippen LogP contribution in [0.25, 0.3) is 10.9 Å². The molecule has 6 heteroatoms. The molecule has 1 heterocycles. The van der Waals surface area contributed by atoms with Crippen LogP contribution in [0.1, 0.15) is 10.4 Å². The molecule has 1 aromatic heterocycles. The van der Waals surface area contributed by atoms with Crippen molar-refractivity contribution in [2.45, 2.75) is 0 Å². The number of H-pyrrole nitrogens is 1. The molecule has 100 valence electrons. The Labute approximate surface area is 122 Å². The topological polar surface area (TPSA) is 57.8 Å². The number of carbonyl (C=O) groups excluding carboxylic acids is 1. The van der Waals surface area contributed by atoms with Crippen molar-refractivity contribution in [3.63, 3.8) is 0 Å². The molecule has 0 aliphatic rings. The Kier molecular flexibility index (Phi) is 3.23. The van der Waals surface area contributed by atoms with E-state index in [1.54, 1.807) is 24.4 Å². The highest BCUT2D eigenvalue weighted by atomic mass is 79.9. The Balaban J connectivity index is 1.99. The first-order valence-corrected chi connectivity index (χ1v) is 6.63. The van der Waals surface area contributed by atoms with E-state index in [0.717, 1.165) is 5.39 Å². The summed E-state index contributed by atoms with van der Waals surface area (Å²) in [4.78, 5) is 12.2. The lowest BCUT2D eigenvalue weighted by atomic mass is 10.2. The first-order chi connectivity index (χ1) is 9.66. The smallest absolute Gasteiger partial charge is 0.259 e. The fourth-order valence-corrected chi connectivity index (χ4v) is 2.49. The SMILES string of the molecule is O=C(Nc1cccc2cn[nH]c12)c1c(F)cccc1Br. The molecular weight excluding hydrogens is 325 g/mol. The fraction of sp³-hybridized carbons (Fsp3) is 0. The zero-order valence-corrected chi connectivity index (χ0v) is 11.7. The van der Waals surface area contributed by atoms with Gasteiger partial charge in [-0.1, -0.05) is 18.2 Å². The molecule has 2 aromatic carbocycles. The van der Waals surface area contributed by atoms with Gasteiger partial charge in [0.2, 0.25) is 0 Å². The molecule has 0 saturated carbocycles. The van der Waals surface area contributed by atoms with Gasteiger partial charge in [0.05, 0.1) is 23.0 Å². The summed E-state index contributed by atoms with van der Waals surface area (Å²) in [5.41, 5.74) is 1.23. The summed E-state index contributed by atoms with van der Waals surface area (Å²) in [6, 6.07) is 9.79. The van der Waals surface area contributed by atoms with Crippen molar-refractivity contribution in [1.29, 1.82) is 0 Å². The van der Waals surface area contributed by atoms with Crippen LogP contribution in [0.3, 0.4) is 0 Å². The summed E-state index contributed by atoms with van der Waals surface area (Å²) in [5, 5.41) is 10.3. The van der Waals surface area contributed by atoms with E-state index < -0.39 is 11.7 Å². The Bertz CT molecular complexity index is 780. The van der Waals surface area contributed by atoms with Gasteiger partial charge in [0.15, 0.2) is 0 Å². The molecule has 0 unspecified atom stereocenters. The van der Waals surface area contributed by atoms with Crippen molar-refractivity contribution in [2.24, 2.45) is 0 Å². The minimum absolute atomic E-state index is 0.0241. The van der Waals surface area contributed by atoms with Crippen LogP contribution in [0.15, 0.2) is 47.1 Å². The summed E-state index contributed by atoms with van der Waals surface area (Å²) in [5.74, 6) is -1.09. The lowest BCUT2D eigenvalue weighted by Crippen LogP contribution is -2.14. The first kappa shape index (κ1) is 12.8. The third-order valence-corrected chi connectivity index (χ3v) is 3.58. The van der Waals surface area contributed by atoms with E-state index in [1.807, 2.05) is 6.07 Å². The molecule has 0 aliphatic carbocycles. The van der Waals surface area contributed by atoms with Crippen LogP contribution in [-0.2, 0) is 0 Å². The maximum atomic E-state index is 13.7. The standard InChI is InChI=1S/C14H9BrFN3O/c15-9-4-2-5-10(16)12(9)14(20)18-11-6-1-3-8-7-17-19-13(8)11/h1-7H,(H,17,19)(H,18,20). The maximum Gasteiger partial charge on any atom is 0.259 e. The molecule has 0 aliphatic heterocycles. The number of carbonyl (C=O) groups is 1. The van der Waals surface area contributed by atoms with Crippen LogP contribution in [0.4, 0.5) is 10.1 Å². The Hall–Kier alpha value is -2.21. The molecule has 4 nitrogen and oxygen atoms in total. The molecule has 3 aromatic rings. The lowest BCUT2D eigenvalue weighted by molar-refractivity contribution is 0.102. The maximum absolute atomic E-state index is 13.7. The van der Waals surface area contributed by atoms with E-state index in [9.17, 15) is 9.18 Å². The average molecular weight is 334 g/mol. The number of halogens is 2. The zero-order valence-electron chi connectivity index (χ0n) is 10.2. The van der Waals surface area contributed by atoms with Gasteiger partial charge in [-0.2, -0.15) is 5.10 Å². The van der Waals surface area contributed by atoms with Gasteiger partial charge in [-0.15, -0.1) is 0 Å². The molecule has 0 atom stereocenters. The monoisotopic (exact) mass is 333 g/mol. The number of aromatic nitrogens is 2. The largest absolute Gasteiger partial charge is 0.320 e. The van der Waals surface area contributed by atoms with E-state index >= 15 is 0 Å². The molecule has 0 bridgehead atoms. The molecule has 0 radical (unpaired) electrons. The summed E-state index contributed by atoms with van der Waals surface area (Å²) in [6.45, 7) is 0. The number of hydrogen-bond donors (Lipinski definition) is 2. The van der Waals surface area contributed by atoms with Crippen molar-refractivity contribution >= 4 is 38.4 Å². The van der Waals surface area contributed by atoms with Crippen LogP contribution in [0.5, 0.6) is 0 Å². The average Bonchev–Trinajstić information content (AvgIpc) is 2.88. The van der Waals surface area contributed by atoms with Gasteiger partial charge in [0, 0.05) is 9.86 Å². The molecule has 0 fully saturated rings. The minimum atomic E-state index is -0.575. The number of hydrogen-bond acceptors (Lipinski definition) is 2. The van der Waals surface area contributed by atoms with Gasteiger partial charge in [-0.25, -0.2) is 4.39 Å². The van der Waals surface area contributed by atoms with Gasteiger partial charge in [-0.3, -0.25) is 9.89 Å². The van der Waals surface area contributed by atoms with Crippen molar-refractivity contribution in [2.75, 3.05) is 5.32 Å². The Morgan fingerprint density at radius 1 is 1.25 bits per heavy atom. The number of nitrogens with zero attached hydrogens (tertiary/aromatic N) is 1. The quantitative estimate of drug-likeness (QED) is 0.750. The van der Waals surface area contributed by atoms with E-state index in [0.29, 0.717) is 15.7 Å². The molecule has 0 spiro atoms. The molecule has 2 N–H and O–H groups in total. The van der Waals surface area contributed by atoms with Crippen LogP contribution in [0.2, 0.25) is 0 Å². The summed E-state index contributed by atoms with van der Waals surface area (Å²) in [7, 11) is 0. The lowest BCUT2D eigenvalue weighted by Gasteiger charge is -2.08. The second-order valence-electron chi connectivity index (χ2n) is 4.19. The van der Waals surface area contributed by atoms with Crippen molar-refractivity contribution in [3.8, 4) is 0 Å². The van der Waals surface area contributed by atoms with Crippen LogP contribution < -0.4 is 5.32 Å². The van der Waals surface area contributed by atoms with Crippen molar-refractivity contribution in [3.05, 3.63) is 58.4 Å². The van der Waals surface area contributed by atoms with Gasteiger partial charge in [-0.05, 0) is 34.1 Å². The van der Waals surface area contributed by atoms with Crippen molar-refractivity contribution < 1.29 is 9.18 Å². The number of nitrogens with one attached hydrogen (secondary N) is 2. The third-order valence-electron chi connectivity index (χ3n) is 2.91. The van der Waals surface area contributed by atoms with Crippen molar-refractivity contribution in [1.82, 2.24) is 10.2 Å². The molecule has 0 saturated heterocycles. The number of para-hydroxylation sites is 1. The van der Waals surface area contributed by atoms with E-state index in [2.05, 4.69) is 31.4 Å². The van der Waals surface area contributed by atoms with Gasteiger partial charge >= 0.3 is 0 Å². The number of fused-ring (bicyclic) bond motifs is 1. The van der Waals surface area contributed by atoms with E-state index in [-0.39, 0.29) is 5.56 Å². The number of rotatable bonds is 2. The van der Waals surface area contributed by atoms with Crippen LogP contribution in [-0.4, -0.2) is 16.1 Å². The predicted molar refractivity (Wildman–Crippen MR) is 78.1 cm³/mol. The zero-order chi connectivity index (χ0) is 14.1. The molecular formula is C14H9BrFN3O. The van der Waals surface area contributed by atoms with E-state index in [1.165, 1.54) is 12.1 Å². The predicted octanol–water partition coefficient (Wildman–Crippen LogP) is 3.72. The highest BCUT2D eigenvalue weighted by Gasteiger charge is 2.16. The van der Waals surface area contributed by atoms with Crippen LogP contribution in [0, 0.1) is 5.82 Å². The molecule has 1 amide bonds. The Morgan fingerprint density at radius 2 is 2.05 bits per heavy atom. The highest BCUT2D eigenvalue weighted by molar-refractivity contribution is 9.10. The normalized spacial score (nSPS) is 10.7. The van der Waals surface area contributed by atoms with Gasteiger partial charge < -0.3 is 5.32 Å². The molecule has 20 heavy (non-hydrogen) atoms. The molecule has 3 rings (SSSR count). The summed E-state index contributed by atoms with van der Waals surface area (Å²) in [6.07, 6.45) is 1.66. The number of anilines is 1. The number of amides is 1. The summed E-state index contributed by atoms with van der Waals surface area (Å²) < 4.78 is 14.2. The number of aromatic amines is 1. The van der Waals surface area contributed by atoms with Gasteiger partial charge in [0.1, 0.15) is 5.82 Å². The van der Waals surface area contributed by atoms with Gasteiger partial charge in [0.25, 0.3) is 5.91 Å².